The topological polar surface area (TPSA) is 44.1 Å². The summed E-state index contributed by atoms with van der Waals surface area (Å²) in [5.41, 5.74) is 4.20. The molecule has 0 aliphatic carbocycles. The molecule has 1 unspecified atom stereocenters. The Morgan fingerprint density at radius 2 is 1.52 bits per heavy atom. The molecule has 0 radical (unpaired) electrons. The zero-order valence-electron chi connectivity index (χ0n) is 15.2. The number of para-hydroxylation sites is 1. The maximum absolute atomic E-state index is 13.6. The zero-order valence-corrected chi connectivity index (χ0v) is 15.2. The second kappa shape index (κ2) is 6.74. The SMILES string of the molecule is CN1C(=O)C(Cc2ccccc2CC#N)(c2ccccc2)c2ccccc21. The molecule has 1 aliphatic heterocycles. The third-order valence-corrected chi connectivity index (χ3v) is 5.51. The highest BCUT2D eigenvalue weighted by Gasteiger charge is 2.50. The predicted molar refractivity (Wildman–Crippen MR) is 107 cm³/mol. The van der Waals surface area contributed by atoms with Crippen LogP contribution in [0, 0.1) is 11.3 Å². The van der Waals surface area contributed by atoms with Gasteiger partial charge in [-0.15, -0.1) is 0 Å². The Bertz CT molecular complexity index is 1040. The lowest BCUT2D eigenvalue weighted by molar-refractivity contribution is -0.121. The smallest absolute Gasteiger partial charge is 0.242 e. The Hall–Kier alpha value is -3.38. The highest BCUT2D eigenvalue weighted by molar-refractivity contribution is 6.10. The monoisotopic (exact) mass is 352 g/mol. The summed E-state index contributed by atoms with van der Waals surface area (Å²) in [7, 11) is 1.84. The molecule has 3 nitrogen and oxygen atoms in total. The number of hydrogen-bond donors (Lipinski definition) is 0. The molecule has 0 bridgehead atoms. The summed E-state index contributed by atoms with van der Waals surface area (Å²) in [6.45, 7) is 0. The third kappa shape index (κ3) is 2.62. The van der Waals surface area contributed by atoms with Gasteiger partial charge < -0.3 is 4.90 Å². The molecule has 3 aromatic rings. The number of benzene rings is 3. The fraction of sp³-hybridized carbons (Fsp3) is 0.167. The summed E-state index contributed by atoms with van der Waals surface area (Å²) < 4.78 is 0. The summed E-state index contributed by atoms with van der Waals surface area (Å²) in [5, 5.41) is 9.21. The van der Waals surface area contributed by atoms with Gasteiger partial charge in [-0.05, 0) is 34.7 Å². The number of fused-ring (bicyclic) bond motifs is 1. The molecule has 1 amide bonds. The Labute approximate surface area is 159 Å². The fourth-order valence-corrected chi connectivity index (χ4v) is 4.19. The highest BCUT2D eigenvalue weighted by Crippen LogP contribution is 2.47. The first-order valence-corrected chi connectivity index (χ1v) is 9.05. The van der Waals surface area contributed by atoms with Gasteiger partial charge in [-0.2, -0.15) is 5.26 Å². The summed E-state index contributed by atoms with van der Waals surface area (Å²) in [6, 6.07) is 28.2. The van der Waals surface area contributed by atoms with Crippen LogP contribution in [0.3, 0.4) is 0 Å². The molecule has 1 atom stereocenters. The van der Waals surface area contributed by atoms with E-state index in [2.05, 4.69) is 12.1 Å². The molecule has 1 heterocycles. The molecule has 132 valence electrons. The van der Waals surface area contributed by atoms with E-state index in [0.717, 1.165) is 27.9 Å². The molecule has 3 heteroatoms. The van der Waals surface area contributed by atoms with Crippen molar-refractivity contribution >= 4 is 11.6 Å². The van der Waals surface area contributed by atoms with Crippen LogP contribution in [0.2, 0.25) is 0 Å². The second-order valence-electron chi connectivity index (χ2n) is 6.93. The maximum Gasteiger partial charge on any atom is 0.242 e. The molecule has 27 heavy (non-hydrogen) atoms. The first-order chi connectivity index (χ1) is 13.2. The van der Waals surface area contributed by atoms with Crippen LogP contribution >= 0.6 is 0 Å². The normalized spacial score (nSPS) is 18.2. The number of carbonyl (C=O) groups excluding carboxylic acids is 1. The van der Waals surface area contributed by atoms with Gasteiger partial charge in [-0.3, -0.25) is 4.79 Å². The van der Waals surface area contributed by atoms with Crippen LogP contribution in [0.25, 0.3) is 0 Å². The van der Waals surface area contributed by atoms with Gasteiger partial charge in [-0.1, -0.05) is 72.8 Å². The molecule has 0 fully saturated rings. The number of hydrogen-bond acceptors (Lipinski definition) is 2. The van der Waals surface area contributed by atoms with Gasteiger partial charge in [0.2, 0.25) is 5.91 Å². The third-order valence-electron chi connectivity index (χ3n) is 5.51. The minimum Gasteiger partial charge on any atom is -0.314 e. The lowest BCUT2D eigenvalue weighted by Gasteiger charge is -2.30. The molecular formula is C24H20N2O. The van der Waals surface area contributed by atoms with Gasteiger partial charge in [0.05, 0.1) is 12.5 Å². The van der Waals surface area contributed by atoms with E-state index >= 15 is 0 Å². The van der Waals surface area contributed by atoms with Gasteiger partial charge in [0.1, 0.15) is 5.41 Å². The predicted octanol–water partition coefficient (Wildman–Crippen LogP) is 4.26. The van der Waals surface area contributed by atoms with E-state index in [4.69, 9.17) is 0 Å². The van der Waals surface area contributed by atoms with Crippen LogP contribution in [0.15, 0.2) is 78.9 Å². The Kier molecular flexibility index (Phi) is 4.25. The van der Waals surface area contributed by atoms with Crippen LogP contribution in [-0.4, -0.2) is 13.0 Å². The number of nitriles is 1. The lowest BCUT2D eigenvalue weighted by Crippen LogP contribution is -2.41. The second-order valence-corrected chi connectivity index (χ2v) is 6.93. The van der Waals surface area contributed by atoms with Gasteiger partial charge in [0.15, 0.2) is 0 Å². The first kappa shape index (κ1) is 17.1. The minimum atomic E-state index is -0.780. The highest BCUT2D eigenvalue weighted by atomic mass is 16.2. The standard InChI is InChI=1S/C24H20N2O/c1-26-22-14-8-7-13-21(22)24(23(26)27,20-11-3-2-4-12-20)17-19-10-6-5-9-18(19)15-16-25/h2-14H,15,17H2,1H3. The molecule has 4 rings (SSSR count). The average molecular weight is 352 g/mol. The van der Waals surface area contributed by atoms with E-state index in [1.807, 2.05) is 79.8 Å². The number of nitrogens with zero attached hydrogens (tertiary/aromatic N) is 2. The van der Waals surface area contributed by atoms with Gasteiger partial charge in [0, 0.05) is 12.7 Å². The van der Waals surface area contributed by atoms with Crippen LogP contribution < -0.4 is 4.90 Å². The summed E-state index contributed by atoms with van der Waals surface area (Å²) >= 11 is 0. The molecule has 0 N–H and O–H groups in total. The summed E-state index contributed by atoms with van der Waals surface area (Å²) in [6.07, 6.45) is 0.877. The molecule has 0 saturated heterocycles. The Morgan fingerprint density at radius 3 is 2.26 bits per heavy atom. The molecule has 0 spiro atoms. The van der Waals surface area contributed by atoms with Crippen molar-refractivity contribution in [3.8, 4) is 6.07 Å². The van der Waals surface area contributed by atoms with Crippen molar-refractivity contribution in [2.45, 2.75) is 18.3 Å². The maximum atomic E-state index is 13.6. The fourth-order valence-electron chi connectivity index (χ4n) is 4.19. The van der Waals surface area contributed by atoms with E-state index in [9.17, 15) is 10.1 Å². The largest absolute Gasteiger partial charge is 0.314 e. The van der Waals surface area contributed by atoms with Crippen molar-refractivity contribution in [2.75, 3.05) is 11.9 Å². The van der Waals surface area contributed by atoms with E-state index in [1.165, 1.54) is 0 Å². The lowest BCUT2D eigenvalue weighted by atomic mass is 9.70. The molecule has 1 aliphatic rings. The number of carbonyl (C=O) groups is 1. The summed E-state index contributed by atoms with van der Waals surface area (Å²) in [5.74, 6) is 0.0710. The van der Waals surface area contributed by atoms with Crippen LogP contribution in [-0.2, 0) is 23.1 Å². The van der Waals surface area contributed by atoms with Gasteiger partial charge >= 0.3 is 0 Å². The van der Waals surface area contributed by atoms with Crippen molar-refractivity contribution in [2.24, 2.45) is 0 Å². The number of amides is 1. The van der Waals surface area contributed by atoms with E-state index in [1.54, 1.807) is 4.90 Å². The molecule has 0 aromatic heterocycles. The zero-order chi connectivity index (χ0) is 18.9. The van der Waals surface area contributed by atoms with Gasteiger partial charge in [-0.25, -0.2) is 0 Å². The van der Waals surface area contributed by atoms with Crippen molar-refractivity contribution in [3.05, 3.63) is 101 Å². The minimum absolute atomic E-state index is 0.0710. The van der Waals surface area contributed by atoms with Crippen molar-refractivity contribution < 1.29 is 4.79 Å². The number of likely N-dealkylation sites (N-methyl/N-ethyl adjacent to an activating group) is 1. The molecule has 0 saturated carbocycles. The van der Waals surface area contributed by atoms with E-state index < -0.39 is 5.41 Å². The van der Waals surface area contributed by atoms with E-state index in [-0.39, 0.29) is 5.91 Å². The van der Waals surface area contributed by atoms with E-state index in [0.29, 0.717) is 12.8 Å². The summed E-state index contributed by atoms with van der Waals surface area (Å²) in [4.78, 5) is 15.4. The number of anilines is 1. The number of rotatable bonds is 4. The molecule has 3 aromatic carbocycles. The quantitative estimate of drug-likeness (QED) is 0.704. The van der Waals surface area contributed by atoms with Crippen molar-refractivity contribution in [1.29, 1.82) is 5.26 Å². The van der Waals surface area contributed by atoms with Crippen LogP contribution in [0.4, 0.5) is 5.69 Å². The van der Waals surface area contributed by atoms with Crippen molar-refractivity contribution in [1.82, 2.24) is 0 Å². The van der Waals surface area contributed by atoms with Gasteiger partial charge in [0.25, 0.3) is 0 Å². The average Bonchev–Trinajstić information content (AvgIpc) is 2.93. The first-order valence-electron chi connectivity index (χ1n) is 9.05. The molecular weight excluding hydrogens is 332 g/mol. The van der Waals surface area contributed by atoms with Crippen LogP contribution in [0.1, 0.15) is 22.3 Å². The van der Waals surface area contributed by atoms with Crippen molar-refractivity contribution in [3.63, 3.8) is 0 Å². The Balaban J connectivity index is 1.96. The Morgan fingerprint density at radius 1 is 0.889 bits per heavy atom. The van der Waals surface area contributed by atoms with Crippen LogP contribution in [0.5, 0.6) is 0 Å².